The van der Waals surface area contributed by atoms with Crippen molar-refractivity contribution >= 4 is 5.91 Å². The van der Waals surface area contributed by atoms with Crippen molar-refractivity contribution in [1.29, 1.82) is 0 Å². The van der Waals surface area contributed by atoms with Crippen molar-refractivity contribution in [2.24, 2.45) is 5.92 Å². The molecule has 2 unspecified atom stereocenters. The second kappa shape index (κ2) is 6.44. The number of amides is 1. The van der Waals surface area contributed by atoms with Crippen molar-refractivity contribution in [3.05, 3.63) is 23.4 Å². The lowest BCUT2D eigenvalue weighted by molar-refractivity contribution is -0.122. The van der Waals surface area contributed by atoms with E-state index < -0.39 is 0 Å². The number of allylic oxidation sites excluding steroid dienone is 1. The normalized spacial score (nSPS) is 31.5. The van der Waals surface area contributed by atoms with Gasteiger partial charge in [-0.3, -0.25) is 10.2 Å². The van der Waals surface area contributed by atoms with Crippen LogP contribution in [0.1, 0.15) is 51.4 Å². The van der Waals surface area contributed by atoms with Gasteiger partial charge in [-0.25, -0.2) is 0 Å². The van der Waals surface area contributed by atoms with Crippen molar-refractivity contribution in [2.75, 3.05) is 6.54 Å². The first-order valence-electron chi connectivity index (χ1n) is 8.06. The number of hydrogen-bond acceptors (Lipinski definition) is 3. The second-order valence-corrected chi connectivity index (χ2v) is 6.10. The van der Waals surface area contributed by atoms with E-state index in [4.69, 9.17) is 0 Å². The zero-order chi connectivity index (χ0) is 13.8. The van der Waals surface area contributed by atoms with Crippen LogP contribution in [-0.4, -0.2) is 18.5 Å². The zero-order valence-corrected chi connectivity index (χ0v) is 12.1. The summed E-state index contributed by atoms with van der Waals surface area (Å²) >= 11 is 0. The topological polar surface area (TPSA) is 53.2 Å². The Morgan fingerprint density at radius 3 is 2.70 bits per heavy atom. The van der Waals surface area contributed by atoms with E-state index in [9.17, 15) is 4.79 Å². The first-order valence-corrected chi connectivity index (χ1v) is 8.06. The quantitative estimate of drug-likeness (QED) is 0.635. The second-order valence-electron chi connectivity index (χ2n) is 6.10. The molecule has 3 aliphatic rings. The molecule has 0 bridgehead atoms. The van der Waals surface area contributed by atoms with Gasteiger partial charge in [-0.15, -0.1) is 0 Å². The summed E-state index contributed by atoms with van der Waals surface area (Å²) < 4.78 is 0. The number of carbonyl (C=O) groups excluding carboxylic acids is 1. The maximum atomic E-state index is 11.8. The Morgan fingerprint density at radius 2 is 1.80 bits per heavy atom. The van der Waals surface area contributed by atoms with Gasteiger partial charge >= 0.3 is 0 Å². The summed E-state index contributed by atoms with van der Waals surface area (Å²) in [5, 5.41) is 3.56. The molecule has 2 atom stereocenters. The van der Waals surface area contributed by atoms with Gasteiger partial charge in [0.1, 0.15) is 0 Å². The Bertz CT molecular complexity index is 427. The largest absolute Gasteiger partial charge is 0.309 e. The van der Waals surface area contributed by atoms with E-state index in [1.807, 2.05) is 0 Å². The summed E-state index contributed by atoms with van der Waals surface area (Å²) in [5.41, 5.74) is 8.26. The van der Waals surface area contributed by atoms with E-state index in [-0.39, 0.29) is 11.8 Å². The standard InChI is InChI=1S/C16H25N3O/c20-16-13-11-17-14-10-8-6-4-2-1-3-5-7-9-12(14)15(13)18-19-16/h7,9,13-14,17-18H,1-6,8,10-11H2,(H,19,20). The van der Waals surface area contributed by atoms with Gasteiger partial charge in [0.2, 0.25) is 5.91 Å². The van der Waals surface area contributed by atoms with Gasteiger partial charge in [0.05, 0.1) is 11.6 Å². The van der Waals surface area contributed by atoms with E-state index in [0.717, 1.165) is 18.7 Å². The Hall–Kier alpha value is -1.29. The van der Waals surface area contributed by atoms with Crippen LogP contribution in [-0.2, 0) is 4.79 Å². The fourth-order valence-corrected chi connectivity index (χ4v) is 3.45. The Balaban J connectivity index is 1.82. The van der Waals surface area contributed by atoms with Crippen LogP contribution in [0.5, 0.6) is 0 Å². The summed E-state index contributed by atoms with van der Waals surface area (Å²) in [6.07, 6.45) is 14.8. The lowest BCUT2D eigenvalue weighted by Crippen LogP contribution is -2.42. The number of rotatable bonds is 0. The molecule has 1 aliphatic carbocycles. The highest BCUT2D eigenvalue weighted by Gasteiger charge is 2.36. The van der Waals surface area contributed by atoms with Gasteiger partial charge in [0, 0.05) is 12.6 Å². The van der Waals surface area contributed by atoms with Crippen LogP contribution in [0.2, 0.25) is 0 Å². The van der Waals surface area contributed by atoms with Crippen molar-refractivity contribution in [1.82, 2.24) is 16.2 Å². The highest BCUT2D eigenvalue weighted by molar-refractivity contribution is 5.85. The molecule has 4 nitrogen and oxygen atoms in total. The lowest BCUT2D eigenvalue weighted by atomic mass is 9.88. The predicted octanol–water partition coefficient (Wildman–Crippen LogP) is 2.15. The summed E-state index contributed by atoms with van der Waals surface area (Å²) in [5.74, 6) is 0.0665. The Labute approximate surface area is 121 Å². The molecular weight excluding hydrogens is 250 g/mol. The van der Waals surface area contributed by atoms with Crippen molar-refractivity contribution in [3.63, 3.8) is 0 Å². The SMILES string of the molecule is O=C1NNC2=C3C=CCCCCCCCCC3NCC12. The molecule has 0 saturated carbocycles. The molecule has 20 heavy (non-hydrogen) atoms. The maximum absolute atomic E-state index is 11.8. The average molecular weight is 275 g/mol. The summed E-state index contributed by atoms with van der Waals surface area (Å²) in [4.78, 5) is 11.8. The van der Waals surface area contributed by atoms with Crippen molar-refractivity contribution in [2.45, 2.75) is 57.4 Å². The highest BCUT2D eigenvalue weighted by Crippen LogP contribution is 2.28. The summed E-state index contributed by atoms with van der Waals surface area (Å²) in [6.45, 7) is 0.760. The smallest absolute Gasteiger partial charge is 0.248 e. The Kier molecular flexibility index (Phi) is 4.41. The first-order chi connectivity index (χ1) is 9.86. The monoisotopic (exact) mass is 275 g/mol. The van der Waals surface area contributed by atoms with Crippen LogP contribution in [0, 0.1) is 5.92 Å². The molecular formula is C16H25N3O. The van der Waals surface area contributed by atoms with Gasteiger partial charge in [-0.05, 0) is 24.8 Å². The molecule has 3 rings (SSSR count). The molecule has 0 aromatic heterocycles. The van der Waals surface area contributed by atoms with Gasteiger partial charge in [-0.2, -0.15) is 0 Å². The first kappa shape index (κ1) is 13.7. The van der Waals surface area contributed by atoms with E-state index in [1.165, 1.54) is 50.5 Å². The number of fused-ring (bicyclic) bond motifs is 2. The number of hydrogen-bond donors (Lipinski definition) is 3. The molecule has 3 N–H and O–H groups in total. The van der Waals surface area contributed by atoms with Crippen LogP contribution >= 0.6 is 0 Å². The van der Waals surface area contributed by atoms with Gasteiger partial charge in [0.15, 0.2) is 0 Å². The molecule has 0 aromatic rings. The van der Waals surface area contributed by atoms with Crippen molar-refractivity contribution in [3.8, 4) is 0 Å². The minimum absolute atomic E-state index is 0.0289. The molecule has 4 heteroatoms. The maximum Gasteiger partial charge on any atom is 0.248 e. The van der Waals surface area contributed by atoms with E-state index in [1.54, 1.807) is 0 Å². The molecule has 0 radical (unpaired) electrons. The summed E-state index contributed by atoms with van der Waals surface area (Å²) in [6, 6.07) is 0.400. The average Bonchev–Trinajstić information content (AvgIpc) is 2.81. The van der Waals surface area contributed by atoms with Crippen LogP contribution in [0.3, 0.4) is 0 Å². The van der Waals surface area contributed by atoms with Crippen LogP contribution in [0.4, 0.5) is 0 Å². The number of hydrazine groups is 1. The summed E-state index contributed by atoms with van der Waals surface area (Å²) in [7, 11) is 0. The molecule has 0 spiro atoms. The minimum atomic E-state index is -0.0289. The predicted molar refractivity (Wildman–Crippen MR) is 79.7 cm³/mol. The zero-order valence-electron chi connectivity index (χ0n) is 12.1. The Morgan fingerprint density at radius 1 is 1.00 bits per heavy atom. The van der Waals surface area contributed by atoms with Crippen LogP contribution in [0.25, 0.3) is 0 Å². The highest BCUT2D eigenvalue weighted by atomic mass is 16.2. The molecule has 0 aromatic carbocycles. The molecule has 1 fully saturated rings. The van der Waals surface area contributed by atoms with E-state index >= 15 is 0 Å². The minimum Gasteiger partial charge on any atom is -0.309 e. The van der Waals surface area contributed by atoms with Crippen molar-refractivity contribution < 1.29 is 4.79 Å². The molecule has 1 amide bonds. The fraction of sp³-hybridized carbons (Fsp3) is 0.688. The van der Waals surface area contributed by atoms with E-state index in [0.29, 0.717) is 6.04 Å². The molecule has 110 valence electrons. The van der Waals surface area contributed by atoms with Crippen LogP contribution < -0.4 is 16.2 Å². The number of carbonyl (C=O) groups is 1. The van der Waals surface area contributed by atoms with Gasteiger partial charge in [-0.1, -0.05) is 44.3 Å². The third-order valence-electron chi connectivity index (χ3n) is 4.65. The van der Waals surface area contributed by atoms with Crippen LogP contribution in [0.15, 0.2) is 23.4 Å². The molecule has 1 saturated heterocycles. The van der Waals surface area contributed by atoms with Gasteiger partial charge in [0.25, 0.3) is 0 Å². The third kappa shape index (κ3) is 2.90. The molecule has 2 aliphatic heterocycles. The lowest BCUT2D eigenvalue weighted by Gasteiger charge is -2.29. The number of nitrogens with one attached hydrogen (secondary N) is 3. The van der Waals surface area contributed by atoms with E-state index in [2.05, 4.69) is 28.3 Å². The molecule has 2 heterocycles. The third-order valence-corrected chi connectivity index (χ3v) is 4.65. The fourth-order valence-electron chi connectivity index (χ4n) is 3.45. The van der Waals surface area contributed by atoms with Gasteiger partial charge < -0.3 is 10.7 Å².